The summed E-state index contributed by atoms with van der Waals surface area (Å²) in [4.78, 5) is 8.19. The van der Waals surface area contributed by atoms with Gasteiger partial charge in [0.25, 0.3) is 0 Å². The van der Waals surface area contributed by atoms with Crippen molar-refractivity contribution in [3.63, 3.8) is 0 Å². The van der Waals surface area contributed by atoms with Crippen LogP contribution in [0.25, 0.3) is 11.3 Å². The zero-order chi connectivity index (χ0) is 18.5. The molecule has 140 valence electrons. The van der Waals surface area contributed by atoms with Crippen LogP contribution < -0.4 is 5.32 Å². The Morgan fingerprint density at radius 2 is 1.74 bits per heavy atom. The summed E-state index contributed by atoms with van der Waals surface area (Å²) in [6, 6.07) is 17.7. The van der Waals surface area contributed by atoms with Gasteiger partial charge in [0.15, 0.2) is 0 Å². The molecule has 0 saturated heterocycles. The highest BCUT2D eigenvalue weighted by Gasteiger charge is 2.22. The highest BCUT2D eigenvalue weighted by Crippen LogP contribution is 2.25. The normalized spacial score (nSPS) is 16.3. The van der Waals surface area contributed by atoms with Gasteiger partial charge in [0.05, 0.1) is 11.7 Å². The first-order chi connectivity index (χ1) is 13.3. The van der Waals surface area contributed by atoms with Gasteiger partial charge in [-0.2, -0.15) is 0 Å². The molecule has 1 saturated carbocycles. The van der Waals surface area contributed by atoms with E-state index in [0.29, 0.717) is 6.04 Å². The second-order valence-electron chi connectivity index (χ2n) is 7.42. The fourth-order valence-corrected chi connectivity index (χ4v) is 3.92. The topological polar surface area (TPSA) is 40.7 Å². The molecule has 3 aromatic rings. The van der Waals surface area contributed by atoms with E-state index in [9.17, 15) is 4.39 Å². The van der Waals surface area contributed by atoms with E-state index in [0.717, 1.165) is 23.5 Å². The van der Waals surface area contributed by atoms with E-state index in [1.807, 2.05) is 12.3 Å². The SMILES string of the molecule is Fc1ccc(-c2c[nH]c(C(Cc3ccccc3)NC3CCCCC3)n2)cc1. The van der Waals surface area contributed by atoms with Gasteiger partial charge >= 0.3 is 0 Å². The minimum Gasteiger partial charge on any atom is -0.347 e. The summed E-state index contributed by atoms with van der Waals surface area (Å²) >= 11 is 0. The number of aromatic amines is 1. The monoisotopic (exact) mass is 363 g/mol. The lowest BCUT2D eigenvalue weighted by Gasteiger charge is -2.27. The van der Waals surface area contributed by atoms with Crippen LogP contribution in [0.5, 0.6) is 0 Å². The first-order valence-corrected chi connectivity index (χ1v) is 9.89. The van der Waals surface area contributed by atoms with E-state index in [2.05, 4.69) is 34.6 Å². The highest BCUT2D eigenvalue weighted by atomic mass is 19.1. The maximum Gasteiger partial charge on any atom is 0.124 e. The van der Waals surface area contributed by atoms with Crippen LogP contribution in [0.4, 0.5) is 4.39 Å². The Labute approximate surface area is 160 Å². The van der Waals surface area contributed by atoms with Crippen molar-refractivity contribution in [2.75, 3.05) is 0 Å². The minimum absolute atomic E-state index is 0.143. The molecule has 3 nitrogen and oxygen atoms in total. The maximum atomic E-state index is 13.2. The Hall–Kier alpha value is -2.46. The molecule has 1 fully saturated rings. The van der Waals surface area contributed by atoms with Crippen molar-refractivity contribution in [2.24, 2.45) is 0 Å². The number of halogens is 1. The van der Waals surface area contributed by atoms with Gasteiger partial charge in [-0.15, -0.1) is 0 Å². The lowest BCUT2D eigenvalue weighted by Crippen LogP contribution is -2.36. The Morgan fingerprint density at radius 3 is 2.48 bits per heavy atom. The number of benzene rings is 2. The van der Waals surface area contributed by atoms with Crippen molar-refractivity contribution in [3.8, 4) is 11.3 Å². The van der Waals surface area contributed by atoms with Gasteiger partial charge in [0.1, 0.15) is 11.6 Å². The zero-order valence-electron chi connectivity index (χ0n) is 15.5. The summed E-state index contributed by atoms with van der Waals surface area (Å²) < 4.78 is 13.2. The van der Waals surface area contributed by atoms with Crippen molar-refractivity contribution in [1.29, 1.82) is 0 Å². The number of hydrogen-bond acceptors (Lipinski definition) is 2. The molecule has 0 spiro atoms. The second-order valence-corrected chi connectivity index (χ2v) is 7.42. The third-order valence-electron chi connectivity index (χ3n) is 5.39. The lowest BCUT2D eigenvalue weighted by molar-refractivity contribution is 0.332. The van der Waals surface area contributed by atoms with Gasteiger partial charge in [-0.1, -0.05) is 49.6 Å². The summed E-state index contributed by atoms with van der Waals surface area (Å²) in [6.45, 7) is 0. The summed E-state index contributed by atoms with van der Waals surface area (Å²) in [7, 11) is 0. The van der Waals surface area contributed by atoms with Crippen LogP contribution in [0.15, 0.2) is 60.8 Å². The fraction of sp³-hybridized carbons (Fsp3) is 0.348. The molecule has 27 heavy (non-hydrogen) atoms. The highest BCUT2D eigenvalue weighted by molar-refractivity contribution is 5.58. The Bertz CT molecular complexity index is 836. The molecule has 1 heterocycles. The lowest BCUT2D eigenvalue weighted by atomic mass is 9.94. The third-order valence-corrected chi connectivity index (χ3v) is 5.39. The van der Waals surface area contributed by atoms with E-state index in [1.165, 1.54) is 49.8 Å². The van der Waals surface area contributed by atoms with Crippen molar-refractivity contribution in [3.05, 3.63) is 78.0 Å². The first-order valence-electron chi connectivity index (χ1n) is 9.89. The number of hydrogen-bond donors (Lipinski definition) is 2. The van der Waals surface area contributed by atoms with Gasteiger partial charge in [0, 0.05) is 17.8 Å². The van der Waals surface area contributed by atoms with Crippen LogP contribution in [0, 0.1) is 5.82 Å². The Balaban J connectivity index is 1.56. The van der Waals surface area contributed by atoms with E-state index < -0.39 is 0 Å². The van der Waals surface area contributed by atoms with E-state index in [-0.39, 0.29) is 11.9 Å². The maximum absolute atomic E-state index is 13.2. The van der Waals surface area contributed by atoms with Crippen molar-refractivity contribution in [2.45, 2.75) is 50.6 Å². The molecule has 0 radical (unpaired) electrons. The molecule has 2 N–H and O–H groups in total. The second kappa shape index (κ2) is 8.49. The smallest absolute Gasteiger partial charge is 0.124 e. The number of H-pyrrole nitrogens is 1. The van der Waals surface area contributed by atoms with Gasteiger partial charge < -0.3 is 10.3 Å². The molecule has 2 aromatic carbocycles. The average molecular weight is 363 g/mol. The van der Waals surface area contributed by atoms with Crippen LogP contribution in [0.3, 0.4) is 0 Å². The molecule has 0 amide bonds. The van der Waals surface area contributed by atoms with Crippen molar-refractivity contribution < 1.29 is 4.39 Å². The van der Waals surface area contributed by atoms with Gasteiger partial charge in [0.2, 0.25) is 0 Å². The number of rotatable bonds is 6. The number of imidazole rings is 1. The molecule has 0 bridgehead atoms. The summed E-state index contributed by atoms with van der Waals surface area (Å²) in [5.41, 5.74) is 3.08. The van der Waals surface area contributed by atoms with Crippen LogP contribution in [0.2, 0.25) is 0 Å². The third kappa shape index (κ3) is 4.64. The molecule has 1 aromatic heterocycles. The summed E-state index contributed by atoms with van der Waals surface area (Å²) in [5.74, 6) is 0.721. The fourth-order valence-electron chi connectivity index (χ4n) is 3.92. The van der Waals surface area contributed by atoms with E-state index >= 15 is 0 Å². The van der Waals surface area contributed by atoms with Crippen LogP contribution in [0.1, 0.15) is 49.5 Å². The van der Waals surface area contributed by atoms with E-state index in [1.54, 1.807) is 12.1 Å². The largest absolute Gasteiger partial charge is 0.347 e. The van der Waals surface area contributed by atoms with Gasteiger partial charge in [-0.05, 0) is 49.1 Å². The first kappa shape index (κ1) is 17.9. The number of nitrogens with one attached hydrogen (secondary N) is 2. The predicted octanol–water partition coefficient (Wildman–Crippen LogP) is 5.42. The summed E-state index contributed by atoms with van der Waals surface area (Å²) in [6.07, 6.45) is 9.23. The van der Waals surface area contributed by atoms with Crippen LogP contribution in [-0.4, -0.2) is 16.0 Å². The molecular formula is C23H26FN3. The molecule has 4 heteroatoms. The van der Waals surface area contributed by atoms with Crippen LogP contribution >= 0.6 is 0 Å². The quantitative estimate of drug-likeness (QED) is 0.614. The summed E-state index contributed by atoms with van der Waals surface area (Å²) in [5, 5.41) is 3.84. The van der Waals surface area contributed by atoms with Crippen LogP contribution in [-0.2, 0) is 6.42 Å². The zero-order valence-corrected chi connectivity index (χ0v) is 15.5. The standard InChI is InChI=1S/C23H26FN3/c24-19-13-11-18(12-14-19)22-16-25-23(27-22)21(15-17-7-3-1-4-8-17)26-20-9-5-2-6-10-20/h1,3-4,7-8,11-14,16,20-21,26H,2,5-6,9-10,15H2,(H,25,27). The molecular weight excluding hydrogens is 337 g/mol. The Morgan fingerprint density at radius 1 is 1.00 bits per heavy atom. The van der Waals surface area contributed by atoms with Gasteiger partial charge in [-0.3, -0.25) is 0 Å². The predicted molar refractivity (Wildman–Crippen MR) is 107 cm³/mol. The molecule has 0 aliphatic heterocycles. The van der Waals surface area contributed by atoms with E-state index in [4.69, 9.17) is 4.98 Å². The minimum atomic E-state index is -0.226. The molecule has 1 aliphatic rings. The van der Waals surface area contributed by atoms with Crippen molar-refractivity contribution in [1.82, 2.24) is 15.3 Å². The average Bonchev–Trinajstić information content (AvgIpc) is 3.20. The Kier molecular flexibility index (Phi) is 5.64. The molecule has 1 unspecified atom stereocenters. The molecule has 4 rings (SSSR count). The van der Waals surface area contributed by atoms with Crippen molar-refractivity contribution >= 4 is 0 Å². The number of nitrogens with zero attached hydrogens (tertiary/aromatic N) is 1. The number of aromatic nitrogens is 2. The van der Waals surface area contributed by atoms with Gasteiger partial charge in [-0.25, -0.2) is 9.37 Å². The molecule has 1 aliphatic carbocycles. The molecule has 1 atom stereocenters.